The van der Waals surface area contributed by atoms with Crippen molar-refractivity contribution in [3.8, 4) is 17.1 Å². The zero-order valence-electron chi connectivity index (χ0n) is 19.9. The Morgan fingerprint density at radius 2 is 2.08 bits per heavy atom. The van der Waals surface area contributed by atoms with E-state index in [9.17, 15) is 9.18 Å². The van der Waals surface area contributed by atoms with Crippen molar-refractivity contribution in [3.05, 3.63) is 87.6 Å². The van der Waals surface area contributed by atoms with Crippen LogP contribution in [0.2, 0.25) is 5.02 Å². The van der Waals surface area contributed by atoms with E-state index in [4.69, 9.17) is 22.3 Å². The van der Waals surface area contributed by atoms with E-state index < -0.39 is 5.82 Å². The van der Waals surface area contributed by atoms with Gasteiger partial charge in [0.15, 0.2) is 11.6 Å². The molecule has 0 aliphatic carbocycles. The molecule has 0 fully saturated rings. The number of aromatic nitrogens is 4. The highest BCUT2D eigenvalue weighted by Gasteiger charge is 2.18. The second-order valence-electron chi connectivity index (χ2n) is 8.97. The predicted molar refractivity (Wildman–Crippen MR) is 136 cm³/mol. The number of nitrogen functional groups attached to an aromatic ring is 1. The molecule has 0 saturated carbocycles. The summed E-state index contributed by atoms with van der Waals surface area (Å²) in [6.07, 6.45) is 5.64. The molecule has 184 valence electrons. The van der Waals surface area contributed by atoms with Crippen LogP contribution in [0.1, 0.15) is 32.6 Å². The van der Waals surface area contributed by atoms with Crippen molar-refractivity contribution >= 4 is 23.3 Å². The Kier molecular flexibility index (Phi) is 6.42. The number of halogens is 2. The van der Waals surface area contributed by atoms with Crippen molar-refractivity contribution in [2.24, 2.45) is 0 Å². The third-order valence-corrected chi connectivity index (χ3v) is 6.69. The van der Waals surface area contributed by atoms with E-state index >= 15 is 0 Å². The molecule has 2 aromatic carbocycles. The fraction of sp³-hybridized carbons (Fsp3) is 0.231. The number of nitrogens with one attached hydrogen (secondary N) is 1. The lowest BCUT2D eigenvalue weighted by Crippen LogP contribution is -2.27. The topological polar surface area (TPSA) is 102 Å². The van der Waals surface area contributed by atoms with Gasteiger partial charge < -0.3 is 16.0 Å². The van der Waals surface area contributed by atoms with E-state index in [0.717, 1.165) is 25.1 Å². The SMILES string of the molecule is Cc1cc(-c2cnc(N)c(-n3cc(C(=O)NCc4ccc(F)cc4Cl)cn3)n2)cc2c1CCN(C)C2. The number of anilines is 1. The monoisotopic (exact) mass is 505 g/mol. The standard InChI is InChI=1S/C26H25ClFN7O/c1-15-7-17(8-18-13-34(2)6-5-21(15)18)23-12-30-24(29)25(33-23)35-14-19(11-32-35)26(36)31-10-16-3-4-20(28)9-22(16)27/h3-4,7-9,11-12,14H,5-6,10,13H2,1-2H3,(H2,29,30)(H,31,36). The first-order valence-corrected chi connectivity index (χ1v) is 11.9. The zero-order valence-corrected chi connectivity index (χ0v) is 20.7. The molecule has 1 amide bonds. The molecule has 0 bridgehead atoms. The maximum Gasteiger partial charge on any atom is 0.254 e. The molecule has 3 heterocycles. The second kappa shape index (κ2) is 9.67. The quantitative estimate of drug-likeness (QED) is 0.426. The average Bonchev–Trinajstić information content (AvgIpc) is 3.33. The van der Waals surface area contributed by atoms with Gasteiger partial charge in [-0.15, -0.1) is 0 Å². The molecule has 0 saturated heterocycles. The third-order valence-electron chi connectivity index (χ3n) is 6.34. The predicted octanol–water partition coefficient (Wildman–Crippen LogP) is 3.93. The van der Waals surface area contributed by atoms with Gasteiger partial charge in [-0.3, -0.25) is 4.79 Å². The Morgan fingerprint density at radius 3 is 2.89 bits per heavy atom. The van der Waals surface area contributed by atoms with Crippen LogP contribution in [0.15, 0.2) is 48.9 Å². The fourth-order valence-electron chi connectivity index (χ4n) is 4.40. The van der Waals surface area contributed by atoms with Crippen molar-refractivity contribution in [1.29, 1.82) is 0 Å². The first-order valence-electron chi connectivity index (χ1n) is 11.5. The Morgan fingerprint density at radius 1 is 1.25 bits per heavy atom. The van der Waals surface area contributed by atoms with Gasteiger partial charge in [-0.25, -0.2) is 19.0 Å². The van der Waals surface area contributed by atoms with Crippen molar-refractivity contribution in [2.45, 2.75) is 26.4 Å². The molecule has 0 unspecified atom stereocenters. The Labute approximate surface area is 212 Å². The molecule has 36 heavy (non-hydrogen) atoms. The van der Waals surface area contributed by atoms with E-state index in [2.05, 4.69) is 46.4 Å². The number of hydrogen-bond donors (Lipinski definition) is 2. The van der Waals surface area contributed by atoms with Crippen LogP contribution in [0, 0.1) is 12.7 Å². The van der Waals surface area contributed by atoms with E-state index in [0.29, 0.717) is 22.6 Å². The fourth-order valence-corrected chi connectivity index (χ4v) is 4.64. The Hall–Kier alpha value is -3.82. The van der Waals surface area contributed by atoms with Crippen molar-refractivity contribution in [1.82, 2.24) is 30.0 Å². The van der Waals surface area contributed by atoms with Gasteiger partial charge in [0.05, 0.1) is 23.7 Å². The molecule has 3 N–H and O–H groups in total. The minimum absolute atomic E-state index is 0.146. The molecule has 8 nitrogen and oxygen atoms in total. The summed E-state index contributed by atoms with van der Waals surface area (Å²) in [6, 6.07) is 8.31. The lowest BCUT2D eigenvalue weighted by Gasteiger charge is -2.27. The summed E-state index contributed by atoms with van der Waals surface area (Å²) in [4.78, 5) is 24.0. The van der Waals surface area contributed by atoms with Gasteiger partial charge in [-0.2, -0.15) is 5.10 Å². The van der Waals surface area contributed by atoms with Crippen molar-refractivity contribution < 1.29 is 9.18 Å². The normalized spacial score (nSPS) is 13.4. The third kappa shape index (κ3) is 4.80. The minimum atomic E-state index is -0.435. The summed E-state index contributed by atoms with van der Waals surface area (Å²) in [5.74, 6) is -0.268. The Bertz CT molecular complexity index is 1470. The number of rotatable bonds is 5. The van der Waals surface area contributed by atoms with Crippen LogP contribution in [0.25, 0.3) is 17.1 Å². The summed E-state index contributed by atoms with van der Waals surface area (Å²) >= 11 is 6.04. The maximum atomic E-state index is 13.2. The van der Waals surface area contributed by atoms with Crippen LogP contribution in [-0.4, -0.2) is 44.1 Å². The largest absolute Gasteiger partial charge is 0.381 e. The highest BCUT2D eigenvalue weighted by atomic mass is 35.5. The molecule has 0 atom stereocenters. The molecule has 0 spiro atoms. The van der Waals surface area contributed by atoms with Crippen molar-refractivity contribution in [2.75, 3.05) is 19.3 Å². The number of benzene rings is 2. The number of carbonyl (C=O) groups is 1. The highest BCUT2D eigenvalue weighted by molar-refractivity contribution is 6.31. The van der Waals surface area contributed by atoms with E-state index in [1.165, 1.54) is 45.8 Å². The molecule has 5 rings (SSSR count). The van der Waals surface area contributed by atoms with Crippen LogP contribution >= 0.6 is 11.6 Å². The number of amides is 1. The summed E-state index contributed by atoms with van der Waals surface area (Å²) in [5.41, 5.74) is 12.6. The van der Waals surface area contributed by atoms with Gasteiger partial charge in [-0.1, -0.05) is 17.7 Å². The summed E-state index contributed by atoms with van der Waals surface area (Å²) in [7, 11) is 2.12. The molecular weight excluding hydrogens is 481 g/mol. The van der Waals surface area contributed by atoms with Gasteiger partial charge in [-0.05, 0) is 66.9 Å². The molecule has 4 aromatic rings. The lowest BCUT2D eigenvalue weighted by atomic mass is 9.92. The summed E-state index contributed by atoms with van der Waals surface area (Å²) in [5, 5.41) is 7.28. The average molecular weight is 506 g/mol. The molecule has 2 aromatic heterocycles. The number of carbonyl (C=O) groups excluding carboxylic acids is 1. The van der Waals surface area contributed by atoms with Crippen LogP contribution < -0.4 is 11.1 Å². The number of fused-ring (bicyclic) bond motifs is 1. The number of likely N-dealkylation sites (N-methyl/N-ethyl adjacent to an activating group) is 1. The van der Waals surface area contributed by atoms with Gasteiger partial charge in [0.1, 0.15) is 5.82 Å². The second-order valence-corrected chi connectivity index (χ2v) is 9.38. The number of nitrogens with zero attached hydrogens (tertiary/aromatic N) is 5. The first-order chi connectivity index (χ1) is 17.3. The van der Waals surface area contributed by atoms with Gasteiger partial charge >= 0.3 is 0 Å². The van der Waals surface area contributed by atoms with E-state index in [1.807, 2.05) is 0 Å². The van der Waals surface area contributed by atoms with Crippen LogP contribution in [-0.2, 0) is 19.5 Å². The van der Waals surface area contributed by atoms with E-state index in [-0.39, 0.29) is 23.3 Å². The zero-order chi connectivity index (χ0) is 25.4. The maximum absolute atomic E-state index is 13.2. The summed E-state index contributed by atoms with van der Waals surface area (Å²) < 4.78 is 14.7. The van der Waals surface area contributed by atoms with Crippen LogP contribution in [0.5, 0.6) is 0 Å². The molecule has 1 aliphatic heterocycles. The highest BCUT2D eigenvalue weighted by Crippen LogP contribution is 2.29. The number of hydrogen-bond acceptors (Lipinski definition) is 6. The smallest absolute Gasteiger partial charge is 0.254 e. The van der Waals surface area contributed by atoms with Crippen LogP contribution in [0.4, 0.5) is 10.2 Å². The molecule has 1 aliphatic rings. The Balaban J connectivity index is 1.38. The number of aryl methyl sites for hydroxylation is 1. The van der Waals surface area contributed by atoms with Crippen molar-refractivity contribution in [3.63, 3.8) is 0 Å². The van der Waals surface area contributed by atoms with Crippen LogP contribution in [0.3, 0.4) is 0 Å². The van der Waals surface area contributed by atoms with Gasteiger partial charge in [0.2, 0.25) is 0 Å². The minimum Gasteiger partial charge on any atom is -0.381 e. The molecular formula is C26H25ClFN7O. The molecule has 0 radical (unpaired) electrons. The first kappa shape index (κ1) is 23.9. The molecule has 10 heteroatoms. The van der Waals surface area contributed by atoms with Gasteiger partial charge in [0.25, 0.3) is 5.91 Å². The van der Waals surface area contributed by atoms with Gasteiger partial charge in [0, 0.05) is 36.4 Å². The summed E-state index contributed by atoms with van der Waals surface area (Å²) in [6.45, 7) is 4.20. The lowest BCUT2D eigenvalue weighted by molar-refractivity contribution is 0.0951. The van der Waals surface area contributed by atoms with E-state index in [1.54, 1.807) is 12.4 Å². The number of nitrogens with two attached hydrogens (primary N) is 1.